The fourth-order valence-corrected chi connectivity index (χ4v) is 1.25. The lowest BCUT2D eigenvalue weighted by Gasteiger charge is -2.02. The number of halogens is 1. The second-order valence-electron chi connectivity index (χ2n) is 3.19. The average molecular weight is 224 g/mol. The highest BCUT2D eigenvalue weighted by molar-refractivity contribution is 6.40. The van der Waals surface area contributed by atoms with Crippen LogP contribution in [0, 0.1) is 0 Å². The van der Waals surface area contributed by atoms with Crippen LogP contribution in [-0.2, 0) is 16.0 Å². The minimum atomic E-state index is -0.860. The molecule has 3 nitrogen and oxygen atoms in total. The predicted molar refractivity (Wildman–Crippen MR) is 57.1 cm³/mol. The second kappa shape index (κ2) is 6.00. The molecule has 1 aromatic rings. The number of hydrogen-bond acceptors (Lipinski definition) is 3. The molecule has 0 aliphatic carbocycles. The summed E-state index contributed by atoms with van der Waals surface area (Å²) < 4.78 is 16.6. The summed E-state index contributed by atoms with van der Waals surface area (Å²) in [5.74, 6) is -1.53. The van der Waals surface area contributed by atoms with Gasteiger partial charge in [0.15, 0.2) is 0 Å². The van der Waals surface area contributed by atoms with Gasteiger partial charge in [0.2, 0.25) is 0 Å². The molecule has 4 heteroatoms. The molecule has 1 rings (SSSR count). The SMILES string of the molecule is CCOC(=O)C(=O)c1ccc(CCF)cc1. The van der Waals surface area contributed by atoms with Crippen molar-refractivity contribution in [2.45, 2.75) is 13.3 Å². The Hall–Kier alpha value is -1.71. The van der Waals surface area contributed by atoms with E-state index in [2.05, 4.69) is 4.74 Å². The van der Waals surface area contributed by atoms with Gasteiger partial charge in [0, 0.05) is 12.0 Å². The highest BCUT2D eigenvalue weighted by Crippen LogP contribution is 2.07. The molecule has 0 bridgehead atoms. The van der Waals surface area contributed by atoms with Gasteiger partial charge in [0.1, 0.15) is 0 Å². The molecule has 0 aromatic heterocycles. The quantitative estimate of drug-likeness (QED) is 0.436. The summed E-state index contributed by atoms with van der Waals surface area (Å²) in [5, 5.41) is 0. The smallest absolute Gasteiger partial charge is 0.379 e. The molecule has 0 radical (unpaired) electrons. The Labute approximate surface area is 93.2 Å². The third-order valence-electron chi connectivity index (χ3n) is 2.06. The summed E-state index contributed by atoms with van der Waals surface area (Å²) in [6.07, 6.45) is 0.313. The standard InChI is InChI=1S/C12H13FO3/c1-2-16-12(15)11(14)10-5-3-9(4-6-10)7-8-13/h3-6H,2,7-8H2,1H3. The highest BCUT2D eigenvalue weighted by Gasteiger charge is 2.16. The second-order valence-corrected chi connectivity index (χ2v) is 3.19. The van der Waals surface area contributed by atoms with E-state index < -0.39 is 18.4 Å². The van der Waals surface area contributed by atoms with Crippen molar-refractivity contribution in [1.82, 2.24) is 0 Å². The maximum Gasteiger partial charge on any atom is 0.379 e. The molecular weight excluding hydrogens is 211 g/mol. The van der Waals surface area contributed by atoms with Crippen LogP contribution in [0.4, 0.5) is 4.39 Å². The molecule has 0 saturated carbocycles. The van der Waals surface area contributed by atoms with Crippen molar-refractivity contribution in [3.8, 4) is 0 Å². The van der Waals surface area contributed by atoms with Crippen LogP contribution in [-0.4, -0.2) is 25.0 Å². The van der Waals surface area contributed by atoms with E-state index >= 15 is 0 Å². The summed E-state index contributed by atoms with van der Waals surface area (Å²) in [5.41, 5.74) is 1.06. The highest BCUT2D eigenvalue weighted by atomic mass is 19.1. The van der Waals surface area contributed by atoms with Gasteiger partial charge in [-0.1, -0.05) is 24.3 Å². The first-order valence-corrected chi connectivity index (χ1v) is 5.05. The molecule has 0 fully saturated rings. The van der Waals surface area contributed by atoms with E-state index in [0.717, 1.165) is 5.56 Å². The summed E-state index contributed by atoms with van der Waals surface area (Å²) >= 11 is 0. The van der Waals surface area contributed by atoms with E-state index in [0.29, 0.717) is 6.42 Å². The number of rotatable bonds is 5. The van der Waals surface area contributed by atoms with Crippen LogP contribution in [0.25, 0.3) is 0 Å². The van der Waals surface area contributed by atoms with Crippen molar-refractivity contribution in [2.24, 2.45) is 0 Å². The molecule has 1 aromatic carbocycles. The molecule has 0 saturated heterocycles. The van der Waals surface area contributed by atoms with Crippen LogP contribution in [0.15, 0.2) is 24.3 Å². The van der Waals surface area contributed by atoms with Gasteiger partial charge in [-0.3, -0.25) is 9.18 Å². The van der Waals surface area contributed by atoms with E-state index in [-0.39, 0.29) is 12.2 Å². The Morgan fingerprint density at radius 1 is 1.25 bits per heavy atom. The van der Waals surface area contributed by atoms with Crippen molar-refractivity contribution < 1.29 is 18.7 Å². The van der Waals surface area contributed by atoms with Crippen LogP contribution in [0.3, 0.4) is 0 Å². The lowest BCUT2D eigenvalue weighted by molar-refractivity contribution is -0.137. The van der Waals surface area contributed by atoms with Crippen LogP contribution < -0.4 is 0 Å². The van der Waals surface area contributed by atoms with Crippen LogP contribution in [0.2, 0.25) is 0 Å². The van der Waals surface area contributed by atoms with Crippen molar-refractivity contribution in [3.63, 3.8) is 0 Å². The Kier molecular flexibility index (Phi) is 4.64. The number of aryl methyl sites for hydroxylation is 1. The molecule has 0 aliphatic heterocycles. The number of alkyl halides is 1. The van der Waals surface area contributed by atoms with Crippen LogP contribution >= 0.6 is 0 Å². The monoisotopic (exact) mass is 224 g/mol. The summed E-state index contributed by atoms with van der Waals surface area (Å²) in [6.45, 7) is 1.37. The van der Waals surface area contributed by atoms with Crippen molar-refractivity contribution in [2.75, 3.05) is 13.3 Å². The molecule has 16 heavy (non-hydrogen) atoms. The summed E-state index contributed by atoms with van der Waals surface area (Å²) in [6, 6.07) is 6.27. The number of ketones is 1. The number of benzene rings is 1. The van der Waals surface area contributed by atoms with Gasteiger partial charge >= 0.3 is 5.97 Å². The zero-order valence-electron chi connectivity index (χ0n) is 9.03. The van der Waals surface area contributed by atoms with E-state index in [1.54, 1.807) is 19.1 Å². The van der Waals surface area contributed by atoms with E-state index in [1.807, 2.05) is 0 Å². The maximum absolute atomic E-state index is 12.0. The topological polar surface area (TPSA) is 43.4 Å². The zero-order chi connectivity index (χ0) is 12.0. The van der Waals surface area contributed by atoms with Gasteiger partial charge in [-0.05, 0) is 12.5 Å². The van der Waals surface area contributed by atoms with Crippen molar-refractivity contribution in [1.29, 1.82) is 0 Å². The first kappa shape index (κ1) is 12.4. The Morgan fingerprint density at radius 2 is 1.88 bits per heavy atom. The molecule has 0 atom stereocenters. The third-order valence-corrected chi connectivity index (χ3v) is 2.06. The number of carbonyl (C=O) groups excluding carboxylic acids is 2. The van der Waals surface area contributed by atoms with E-state index in [1.165, 1.54) is 12.1 Å². The first-order valence-electron chi connectivity index (χ1n) is 5.05. The number of carbonyl (C=O) groups is 2. The fourth-order valence-electron chi connectivity index (χ4n) is 1.25. The minimum Gasteiger partial charge on any atom is -0.460 e. The van der Waals surface area contributed by atoms with E-state index in [4.69, 9.17) is 0 Å². The van der Waals surface area contributed by atoms with E-state index in [9.17, 15) is 14.0 Å². The van der Waals surface area contributed by atoms with Gasteiger partial charge < -0.3 is 4.74 Å². The summed E-state index contributed by atoms with van der Waals surface area (Å²) in [7, 11) is 0. The predicted octanol–water partition coefficient (Wildman–Crippen LogP) is 1.94. The Balaban J connectivity index is 2.73. The molecule has 0 unspecified atom stereocenters. The number of hydrogen-bond donors (Lipinski definition) is 0. The molecular formula is C12H13FO3. The average Bonchev–Trinajstić information content (AvgIpc) is 2.30. The van der Waals surface area contributed by atoms with Crippen molar-refractivity contribution >= 4 is 11.8 Å². The summed E-state index contributed by atoms with van der Waals surface area (Å²) in [4.78, 5) is 22.6. The molecule has 86 valence electrons. The number of Topliss-reactive ketones (excluding diaryl/α,β-unsaturated/α-hetero) is 1. The third kappa shape index (κ3) is 3.15. The Morgan fingerprint density at radius 3 is 2.38 bits per heavy atom. The Bertz CT molecular complexity index is 370. The maximum atomic E-state index is 12.0. The molecule has 0 aliphatic rings. The zero-order valence-corrected chi connectivity index (χ0v) is 9.03. The van der Waals surface area contributed by atoms with Gasteiger partial charge in [0.25, 0.3) is 5.78 Å². The van der Waals surface area contributed by atoms with Gasteiger partial charge in [-0.25, -0.2) is 4.79 Å². The lowest BCUT2D eigenvalue weighted by Crippen LogP contribution is -2.17. The molecule has 0 amide bonds. The molecule has 0 spiro atoms. The van der Waals surface area contributed by atoms with Crippen LogP contribution in [0.1, 0.15) is 22.8 Å². The van der Waals surface area contributed by atoms with Gasteiger partial charge in [-0.2, -0.15) is 0 Å². The van der Waals surface area contributed by atoms with Crippen LogP contribution in [0.5, 0.6) is 0 Å². The largest absolute Gasteiger partial charge is 0.460 e. The van der Waals surface area contributed by atoms with Crippen molar-refractivity contribution in [3.05, 3.63) is 35.4 Å². The fraction of sp³-hybridized carbons (Fsp3) is 0.333. The number of esters is 1. The first-order chi connectivity index (χ1) is 7.69. The minimum absolute atomic E-state index is 0.171. The van der Waals surface area contributed by atoms with Gasteiger partial charge in [0.05, 0.1) is 13.3 Å². The number of ether oxygens (including phenoxy) is 1. The van der Waals surface area contributed by atoms with Gasteiger partial charge in [-0.15, -0.1) is 0 Å². The normalized spacial score (nSPS) is 9.88. The lowest BCUT2D eigenvalue weighted by atomic mass is 10.1. The molecule has 0 heterocycles. The molecule has 0 N–H and O–H groups in total.